The third-order valence-corrected chi connectivity index (χ3v) is 4.17. The number of anilines is 3. The number of nitrogens with zero attached hydrogens (tertiary/aromatic N) is 5. The van der Waals surface area contributed by atoms with Crippen molar-refractivity contribution in [2.24, 2.45) is 12.0 Å². The molecule has 0 saturated heterocycles. The number of hydrogen-bond acceptors (Lipinski definition) is 7. The van der Waals surface area contributed by atoms with Gasteiger partial charge >= 0.3 is 0 Å². The summed E-state index contributed by atoms with van der Waals surface area (Å²) in [7, 11) is 3.41. The molecule has 0 unspecified atom stereocenters. The van der Waals surface area contributed by atoms with Gasteiger partial charge in [-0.15, -0.1) is 0 Å². The number of hydrogen-bond donors (Lipinski definition) is 2. The number of para-hydroxylation sites is 1. The summed E-state index contributed by atoms with van der Waals surface area (Å²) >= 11 is 0. The fourth-order valence-electron chi connectivity index (χ4n) is 3.10. The van der Waals surface area contributed by atoms with Crippen molar-refractivity contribution in [2.45, 2.75) is 13.3 Å². The van der Waals surface area contributed by atoms with Crippen molar-refractivity contribution in [3.63, 3.8) is 0 Å². The van der Waals surface area contributed by atoms with Crippen LogP contribution < -0.4 is 15.8 Å². The highest BCUT2D eigenvalue weighted by Gasteiger charge is 2.20. The Morgan fingerprint density at radius 2 is 2.12 bits per heavy atom. The van der Waals surface area contributed by atoms with Crippen molar-refractivity contribution in [2.75, 3.05) is 18.2 Å². The Kier molecular flexibility index (Phi) is 3.80. The number of methoxy groups -OCH3 is 1. The third kappa shape index (κ3) is 2.75. The highest BCUT2D eigenvalue weighted by molar-refractivity contribution is 5.96. The van der Waals surface area contributed by atoms with Crippen LogP contribution in [0, 0.1) is 0 Å². The van der Waals surface area contributed by atoms with Gasteiger partial charge < -0.3 is 15.8 Å². The average Bonchev–Trinajstić information content (AvgIpc) is 3.19. The van der Waals surface area contributed by atoms with Gasteiger partial charge in [-0.1, -0.05) is 6.07 Å². The van der Waals surface area contributed by atoms with Crippen molar-refractivity contribution in [1.82, 2.24) is 20.0 Å². The zero-order chi connectivity index (χ0) is 18.3. The predicted octanol–water partition coefficient (Wildman–Crippen LogP) is 2.86. The molecule has 8 heteroatoms. The fraction of sp³-hybridized carbons (Fsp3) is 0.222. The van der Waals surface area contributed by atoms with Crippen molar-refractivity contribution in [3.05, 3.63) is 36.2 Å². The van der Waals surface area contributed by atoms with Gasteiger partial charge in [-0.05, 0) is 19.1 Å². The molecule has 26 heavy (non-hydrogen) atoms. The van der Waals surface area contributed by atoms with E-state index in [-0.39, 0.29) is 0 Å². The maximum Gasteiger partial charge on any atom is 0.151 e. The molecule has 0 spiro atoms. The van der Waals surface area contributed by atoms with E-state index in [9.17, 15) is 0 Å². The number of aryl methyl sites for hydroxylation is 1. The van der Waals surface area contributed by atoms with E-state index < -0.39 is 0 Å². The van der Waals surface area contributed by atoms with Crippen molar-refractivity contribution in [3.8, 4) is 17.0 Å². The second kappa shape index (κ2) is 6.14. The fourth-order valence-corrected chi connectivity index (χ4v) is 3.10. The van der Waals surface area contributed by atoms with Crippen molar-refractivity contribution >= 4 is 28.6 Å². The largest absolute Gasteiger partial charge is 0.494 e. The molecule has 0 aliphatic carbocycles. The molecule has 132 valence electrons. The summed E-state index contributed by atoms with van der Waals surface area (Å²) < 4.78 is 5.66. The average molecular weight is 349 g/mol. The van der Waals surface area contributed by atoms with Gasteiger partial charge in [0.2, 0.25) is 0 Å². The number of ether oxygens (including phenoxy) is 1. The monoisotopic (exact) mass is 349 g/mol. The van der Waals surface area contributed by atoms with Gasteiger partial charge in [0, 0.05) is 30.8 Å². The lowest BCUT2D eigenvalue weighted by molar-refractivity contribution is 0.418. The van der Waals surface area contributed by atoms with E-state index in [1.54, 1.807) is 26.4 Å². The molecule has 3 heterocycles. The summed E-state index contributed by atoms with van der Waals surface area (Å²) in [5.41, 5.74) is 11.9. The summed E-state index contributed by atoms with van der Waals surface area (Å²) in [5, 5.41) is 11.9. The van der Waals surface area contributed by atoms with E-state index in [4.69, 9.17) is 10.5 Å². The summed E-state index contributed by atoms with van der Waals surface area (Å²) in [6.45, 7) is 1.98. The van der Waals surface area contributed by atoms with Crippen molar-refractivity contribution < 1.29 is 4.74 Å². The molecule has 1 aromatic carbocycles. The first-order valence-corrected chi connectivity index (χ1v) is 8.19. The zero-order valence-corrected chi connectivity index (χ0v) is 14.8. The first-order chi connectivity index (χ1) is 12.5. The lowest BCUT2D eigenvalue weighted by Gasteiger charge is -2.15. The third-order valence-electron chi connectivity index (χ3n) is 4.17. The number of fused-ring (bicyclic) bond motifs is 1. The Morgan fingerprint density at radius 3 is 2.85 bits per heavy atom. The predicted molar refractivity (Wildman–Crippen MR) is 101 cm³/mol. The Labute approximate surface area is 150 Å². The minimum absolute atomic E-state index is 0.459. The molecule has 0 bridgehead atoms. The number of rotatable bonds is 4. The van der Waals surface area contributed by atoms with Crippen LogP contribution >= 0.6 is 0 Å². The lowest BCUT2D eigenvalue weighted by atomic mass is 10.1. The number of nitrogens with one attached hydrogen (secondary N) is 1. The second-order valence-electron chi connectivity index (χ2n) is 6.14. The number of nitrogens with two attached hydrogens (primary N) is 1. The van der Waals surface area contributed by atoms with E-state index >= 15 is 0 Å². The molecule has 8 nitrogen and oxygen atoms in total. The number of nitrogen functional groups attached to an aromatic ring is 1. The molecule has 4 rings (SSSR count). The van der Waals surface area contributed by atoms with Gasteiger partial charge in [-0.3, -0.25) is 4.99 Å². The van der Waals surface area contributed by atoms with Gasteiger partial charge in [0.15, 0.2) is 5.75 Å². The van der Waals surface area contributed by atoms with E-state index in [1.807, 2.05) is 25.1 Å². The number of benzene rings is 1. The molecule has 1 aliphatic heterocycles. The van der Waals surface area contributed by atoms with E-state index in [1.165, 1.54) is 4.80 Å². The van der Waals surface area contributed by atoms with Gasteiger partial charge in [-0.2, -0.15) is 15.0 Å². The molecule has 3 aromatic rings. The van der Waals surface area contributed by atoms with Crippen LogP contribution in [0.3, 0.4) is 0 Å². The Balaban J connectivity index is 1.79. The first kappa shape index (κ1) is 16.1. The van der Waals surface area contributed by atoms with Gasteiger partial charge in [-0.25, -0.2) is 4.98 Å². The molecular weight excluding hydrogens is 330 g/mol. The molecule has 0 amide bonds. The lowest BCUT2D eigenvalue weighted by Crippen LogP contribution is -2.01. The quantitative estimate of drug-likeness (QED) is 0.751. The molecule has 0 saturated carbocycles. The standard InChI is InChI=1S/C18H19N7O/c1-10-7-13-17(21-10)14(8-16(19)23-13)22-12-6-4-5-11(18(12)26-3)15-9-20-25(2)24-15/h4-6,8-9H,7H2,1-3H3,(H3,19,22,23). The molecule has 0 atom stereocenters. The SMILES string of the molecule is COc1c(Nc2cc(N)nc3c2N=C(C)C3)cccc1-c1cnn(C)n1. The van der Waals surface area contributed by atoms with E-state index in [0.29, 0.717) is 18.0 Å². The molecule has 3 N–H and O–H groups in total. The minimum atomic E-state index is 0.459. The molecular formula is C18H19N7O. The highest BCUT2D eigenvalue weighted by Crippen LogP contribution is 2.41. The van der Waals surface area contributed by atoms with Gasteiger partial charge in [0.25, 0.3) is 0 Å². The highest BCUT2D eigenvalue weighted by atomic mass is 16.5. The van der Waals surface area contributed by atoms with Crippen LogP contribution in [-0.4, -0.2) is 32.8 Å². The summed E-state index contributed by atoms with van der Waals surface area (Å²) in [6.07, 6.45) is 2.42. The smallest absolute Gasteiger partial charge is 0.151 e. The normalized spacial score (nSPS) is 12.7. The van der Waals surface area contributed by atoms with E-state index in [2.05, 4.69) is 25.5 Å². The van der Waals surface area contributed by atoms with E-state index in [0.717, 1.165) is 39.7 Å². The second-order valence-corrected chi connectivity index (χ2v) is 6.14. The summed E-state index contributed by atoms with van der Waals surface area (Å²) in [5.74, 6) is 1.14. The molecule has 0 radical (unpaired) electrons. The maximum atomic E-state index is 5.97. The number of aliphatic imine (C=N–C) groups is 1. The zero-order valence-electron chi connectivity index (χ0n) is 14.8. The molecule has 0 fully saturated rings. The van der Waals surface area contributed by atoms with Gasteiger partial charge in [0.1, 0.15) is 17.2 Å². The van der Waals surface area contributed by atoms with Crippen LogP contribution in [-0.2, 0) is 13.5 Å². The molecule has 2 aromatic heterocycles. The summed E-state index contributed by atoms with van der Waals surface area (Å²) in [4.78, 5) is 10.5. The topological polar surface area (TPSA) is 103 Å². The summed E-state index contributed by atoms with van der Waals surface area (Å²) in [6, 6.07) is 7.61. The van der Waals surface area contributed by atoms with Crippen LogP contribution in [0.25, 0.3) is 11.3 Å². The maximum absolute atomic E-state index is 5.97. The Hall–Kier alpha value is -3.42. The Bertz CT molecular complexity index is 1020. The van der Waals surface area contributed by atoms with Gasteiger partial charge in [0.05, 0.1) is 30.4 Å². The van der Waals surface area contributed by atoms with Crippen LogP contribution in [0.2, 0.25) is 0 Å². The van der Waals surface area contributed by atoms with Crippen LogP contribution in [0.1, 0.15) is 12.6 Å². The first-order valence-electron chi connectivity index (χ1n) is 8.19. The number of pyridine rings is 1. The number of aromatic nitrogens is 4. The Morgan fingerprint density at radius 1 is 1.27 bits per heavy atom. The van der Waals surface area contributed by atoms with Crippen LogP contribution in [0.15, 0.2) is 35.5 Å². The minimum Gasteiger partial charge on any atom is -0.494 e. The van der Waals surface area contributed by atoms with Crippen LogP contribution in [0.5, 0.6) is 5.75 Å². The van der Waals surface area contributed by atoms with Crippen LogP contribution in [0.4, 0.5) is 22.9 Å². The van der Waals surface area contributed by atoms with Crippen molar-refractivity contribution in [1.29, 1.82) is 0 Å². The molecule has 1 aliphatic rings.